The summed E-state index contributed by atoms with van der Waals surface area (Å²) in [5, 5.41) is 6.44. The van der Waals surface area contributed by atoms with Crippen LogP contribution >= 0.6 is 0 Å². The monoisotopic (exact) mass is 304 g/mol. The molecule has 0 spiro atoms. The number of benzene rings is 1. The second kappa shape index (κ2) is 6.19. The zero-order chi connectivity index (χ0) is 16.4. The van der Waals surface area contributed by atoms with E-state index < -0.39 is 11.7 Å². The summed E-state index contributed by atoms with van der Waals surface area (Å²) < 4.78 is 5.33. The van der Waals surface area contributed by atoms with Gasteiger partial charge >= 0.3 is 6.09 Å². The van der Waals surface area contributed by atoms with Crippen LogP contribution in [0.5, 0.6) is 0 Å². The van der Waals surface area contributed by atoms with Gasteiger partial charge in [-0.05, 0) is 51.2 Å². The van der Waals surface area contributed by atoms with E-state index in [1.165, 1.54) is 12.8 Å². The first-order valence-electron chi connectivity index (χ1n) is 8.03. The first-order valence-corrected chi connectivity index (χ1v) is 8.03. The van der Waals surface area contributed by atoms with Crippen molar-refractivity contribution in [1.29, 1.82) is 0 Å². The standard InChI is InChI=1S/C18H28N2O2/c1-17(2,3)22-16(21)20-14-10-7-6-9-13(14)19-15-11-8-12-18(15,4)5/h6-7,9-10,15,19H,8,11-12H2,1-5H3,(H,20,21). The molecule has 1 unspecified atom stereocenters. The van der Waals surface area contributed by atoms with E-state index in [9.17, 15) is 4.79 Å². The fourth-order valence-corrected chi connectivity index (χ4v) is 2.91. The fourth-order valence-electron chi connectivity index (χ4n) is 2.91. The highest BCUT2D eigenvalue weighted by Gasteiger charge is 2.34. The number of hydrogen-bond donors (Lipinski definition) is 2. The van der Waals surface area contributed by atoms with Crippen LogP contribution in [0, 0.1) is 5.41 Å². The minimum absolute atomic E-state index is 0.277. The molecular weight excluding hydrogens is 276 g/mol. The van der Waals surface area contributed by atoms with Crippen molar-refractivity contribution in [2.24, 2.45) is 5.41 Å². The van der Waals surface area contributed by atoms with Crippen molar-refractivity contribution in [3.05, 3.63) is 24.3 Å². The van der Waals surface area contributed by atoms with E-state index in [1.807, 2.05) is 45.0 Å². The Kier molecular flexibility index (Phi) is 4.69. The summed E-state index contributed by atoms with van der Waals surface area (Å²) >= 11 is 0. The number of para-hydroxylation sites is 2. The van der Waals surface area contributed by atoms with Crippen LogP contribution in [0.25, 0.3) is 0 Å². The molecule has 4 heteroatoms. The molecule has 0 radical (unpaired) electrons. The van der Waals surface area contributed by atoms with Gasteiger partial charge in [-0.1, -0.05) is 32.4 Å². The van der Waals surface area contributed by atoms with Crippen LogP contribution < -0.4 is 10.6 Å². The molecule has 0 aliphatic heterocycles. The molecule has 1 atom stereocenters. The maximum Gasteiger partial charge on any atom is 0.412 e. The number of anilines is 2. The second-order valence-corrected chi connectivity index (χ2v) is 7.75. The number of carbonyl (C=O) groups is 1. The summed E-state index contributed by atoms with van der Waals surface area (Å²) in [6, 6.07) is 8.21. The summed E-state index contributed by atoms with van der Waals surface area (Å²) in [5.74, 6) is 0. The van der Waals surface area contributed by atoms with Gasteiger partial charge in [0, 0.05) is 6.04 Å². The molecule has 122 valence electrons. The lowest BCUT2D eigenvalue weighted by molar-refractivity contribution is 0.0636. The highest BCUT2D eigenvalue weighted by atomic mass is 16.6. The molecule has 1 aliphatic carbocycles. The largest absolute Gasteiger partial charge is 0.444 e. The first-order chi connectivity index (χ1) is 10.2. The number of ether oxygens (including phenoxy) is 1. The van der Waals surface area contributed by atoms with Gasteiger partial charge in [0.1, 0.15) is 5.60 Å². The zero-order valence-corrected chi connectivity index (χ0v) is 14.3. The highest BCUT2D eigenvalue weighted by Crippen LogP contribution is 2.40. The Morgan fingerprint density at radius 2 is 1.86 bits per heavy atom. The molecule has 1 saturated carbocycles. The molecule has 1 fully saturated rings. The number of rotatable bonds is 3. The smallest absolute Gasteiger partial charge is 0.412 e. The number of nitrogens with one attached hydrogen (secondary N) is 2. The Morgan fingerprint density at radius 1 is 1.23 bits per heavy atom. The maximum absolute atomic E-state index is 12.0. The molecule has 0 saturated heterocycles. The van der Waals surface area contributed by atoms with Crippen LogP contribution in [-0.4, -0.2) is 17.7 Å². The topological polar surface area (TPSA) is 50.4 Å². The number of carbonyl (C=O) groups excluding carboxylic acids is 1. The van der Waals surface area contributed by atoms with Crippen molar-refractivity contribution in [2.45, 2.75) is 65.5 Å². The van der Waals surface area contributed by atoms with Gasteiger partial charge in [-0.3, -0.25) is 5.32 Å². The van der Waals surface area contributed by atoms with Crippen LogP contribution in [0.15, 0.2) is 24.3 Å². The summed E-state index contributed by atoms with van der Waals surface area (Å²) in [6.07, 6.45) is 3.21. The Morgan fingerprint density at radius 3 is 2.41 bits per heavy atom. The molecule has 1 aromatic rings. The molecule has 4 nitrogen and oxygen atoms in total. The van der Waals surface area contributed by atoms with Crippen molar-refractivity contribution in [2.75, 3.05) is 10.6 Å². The average Bonchev–Trinajstić information content (AvgIpc) is 2.69. The van der Waals surface area contributed by atoms with E-state index in [1.54, 1.807) is 0 Å². The quantitative estimate of drug-likeness (QED) is 0.824. The van der Waals surface area contributed by atoms with Crippen LogP contribution in [0.1, 0.15) is 53.9 Å². The lowest BCUT2D eigenvalue weighted by Crippen LogP contribution is -2.31. The third-order valence-electron chi connectivity index (χ3n) is 4.15. The van der Waals surface area contributed by atoms with Crippen LogP contribution in [0.2, 0.25) is 0 Å². The molecule has 0 aromatic heterocycles. The lowest BCUT2D eigenvalue weighted by atomic mass is 9.87. The lowest BCUT2D eigenvalue weighted by Gasteiger charge is -2.29. The number of amides is 1. The van der Waals surface area contributed by atoms with Crippen molar-refractivity contribution in [3.63, 3.8) is 0 Å². The van der Waals surface area contributed by atoms with E-state index in [2.05, 4.69) is 24.5 Å². The van der Waals surface area contributed by atoms with E-state index in [0.717, 1.165) is 17.8 Å². The first kappa shape index (κ1) is 16.7. The normalized spacial score (nSPS) is 20.5. The van der Waals surface area contributed by atoms with Crippen molar-refractivity contribution in [1.82, 2.24) is 0 Å². The van der Waals surface area contributed by atoms with Gasteiger partial charge in [0.25, 0.3) is 0 Å². The summed E-state index contributed by atoms with van der Waals surface area (Å²) in [4.78, 5) is 12.0. The Hall–Kier alpha value is -1.71. The Labute approximate surface area is 133 Å². The van der Waals surface area contributed by atoms with E-state index in [-0.39, 0.29) is 5.41 Å². The third-order valence-corrected chi connectivity index (χ3v) is 4.15. The third kappa shape index (κ3) is 4.39. The van der Waals surface area contributed by atoms with Crippen LogP contribution in [0.4, 0.5) is 16.2 Å². The van der Waals surface area contributed by atoms with Gasteiger partial charge in [-0.15, -0.1) is 0 Å². The molecule has 2 N–H and O–H groups in total. The van der Waals surface area contributed by atoms with Crippen LogP contribution in [-0.2, 0) is 4.74 Å². The average molecular weight is 304 g/mol. The van der Waals surface area contributed by atoms with Gasteiger partial charge in [-0.25, -0.2) is 4.79 Å². The van der Waals surface area contributed by atoms with E-state index >= 15 is 0 Å². The Balaban J connectivity index is 2.09. The molecule has 2 rings (SSSR count). The van der Waals surface area contributed by atoms with Crippen molar-refractivity contribution in [3.8, 4) is 0 Å². The molecule has 0 heterocycles. The fraction of sp³-hybridized carbons (Fsp3) is 0.611. The predicted octanol–water partition coefficient (Wildman–Crippen LogP) is 5.02. The SMILES string of the molecule is CC(C)(C)OC(=O)Nc1ccccc1NC1CCCC1(C)C. The molecular formula is C18H28N2O2. The summed E-state index contributed by atoms with van der Waals surface area (Å²) in [5.41, 5.74) is 1.49. The minimum Gasteiger partial charge on any atom is -0.444 e. The zero-order valence-electron chi connectivity index (χ0n) is 14.3. The maximum atomic E-state index is 12.0. The molecule has 1 amide bonds. The molecule has 1 aromatic carbocycles. The van der Waals surface area contributed by atoms with E-state index in [0.29, 0.717) is 6.04 Å². The van der Waals surface area contributed by atoms with Crippen LogP contribution in [0.3, 0.4) is 0 Å². The van der Waals surface area contributed by atoms with E-state index in [4.69, 9.17) is 4.74 Å². The van der Waals surface area contributed by atoms with Gasteiger partial charge in [0.05, 0.1) is 11.4 Å². The van der Waals surface area contributed by atoms with Gasteiger partial charge in [0.2, 0.25) is 0 Å². The van der Waals surface area contributed by atoms with Gasteiger partial charge in [-0.2, -0.15) is 0 Å². The number of hydrogen-bond acceptors (Lipinski definition) is 3. The summed E-state index contributed by atoms with van der Waals surface area (Å²) in [6.45, 7) is 10.2. The Bertz CT molecular complexity index is 532. The van der Waals surface area contributed by atoms with Gasteiger partial charge in [0.15, 0.2) is 0 Å². The van der Waals surface area contributed by atoms with Gasteiger partial charge < -0.3 is 10.1 Å². The molecule has 1 aliphatic rings. The minimum atomic E-state index is -0.500. The van der Waals surface area contributed by atoms with Crippen molar-refractivity contribution >= 4 is 17.5 Å². The summed E-state index contributed by atoms with van der Waals surface area (Å²) in [7, 11) is 0. The second-order valence-electron chi connectivity index (χ2n) is 7.75. The predicted molar refractivity (Wildman–Crippen MR) is 91.3 cm³/mol. The molecule has 0 bridgehead atoms. The molecule has 22 heavy (non-hydrogen) atoms. The highest BCUT2D eigenvalue weighted by molar-refractivity contribution is 5.89. The van der Waals surface area contributed by atoms with Crippen molar-refractivity contribution < 1.29 is 9.53 Å².